The van der Waals surface area contributed by atoms with Crippen LogP contribution in [0, 0.1) is 6.92 Å². The van der Waals surface area contributed by atoms with Gasteiger partial charge in [-0.25, -0.2) is 0 Å². The van der Waals surface area contributed by atoms with Gasteiger partial charge in [0.2, 0.25) is 0 Å². The molecule has 0 atom stereocenters. The summed E-state index contributed by atoms with van der Waals surface area (Å²) in [4.78, 5) is 2.14. The van der Waals surface area contributed by atoms with E-state index in [-0.39, 0.29) is 0 Å². The first-order valence-corrected chi connectivity index (χ1v) is 5.67. The molecule has 0 saturated carbocycles. The molecule has 1 aromatic carbocycles. The number of fused-ring (bicyclic) bond motifs is 1. The maximum atomic E-state index is 5.72. The average Bonchev–Trinajstić information content (AvgIpc) is 2.35. The summed E-state index contributed by atoms with van der Waals surface area (Å²) in [7, 11) is 0. The lowest BCUT2D eigenvalue weighted by Gasteiger charge is -2.31. The van der Waals surface area contributed by atoms with Crippen molar-refractivity contribution in [2.24, 2.45) is 0 Å². The number of hydrogen-bond acceptors (Lipinski definition) is 2. The number of hydrogen-bond donors (Lipinski definition) is 0. The molecular formula is C15H17NO. The van der Waals surface area contributed by atoms with Crippen LogP contribution in [0.15, 0.2) is 55.3 Å². The van der Waals surface area contributed by atoms with E-state index >= 15 is 0 Å². The summed E-state index contributed by atoms with van der Waals surface area (Å²) in [5.74, 6) is 0.980. The molecule has 0 N–H and O–H groups in total. The van der Waals surface area contributed by atoms with Gasteiger partial charge in [0.1, 0.15) is 5.75 Å². The minimum atomic E-state index is 0.557. The first-order chi connectivity index (χ1) is 8.24. The van der Waals surface area contributed by atoms with Crippen LogP contribution < -0.4 is 4.74 Å². The highest BCUT2D eigenvalue weighted by Gasteiger charge is 2.17. The molecule has 0 bridgehead atoms. The van der Waals surface area contributed by atoms with E-state index in [0.717, 1.165) is 18.0 Å². The Bertz CT molecular complexity index is 474. The zero-order chi connectivity index (χ0) is 12.3. The molecular weight excluding hydrogens is 210 g/mol. The number of aryl methyl sites for hydroxylation is 1. The van der Waals surface area contributed by atoms with Crippen LogP contribution in [-0.4, -0.2) is 11.6 Å². The summed E-state index contributed by atoms with van der Waals surface area (Å²) in [5.41, 5.74) is 3.50. The lowest BCUT2D eigenvalue weighted by molar-refractivity contribution is 0.132. The van der Waals surface area contributed by atoms with Crippen molar-refractivity contribution >= 4 is 0 Å². The zero-order valence-electron chi connectivity index (χ0n) is 10.1. The standard InChI is InChI=1S/C15H17NO/c1-4-6-14(5-2)16-10-13-9-12(3)7-8-15(13)17-11-16/h4-9H,1-2,10-11H2,3H3/b14-6+. The summed E-state index contributed by atoms with van der Waals surface area (Å²) < 4.78 is 5.72. The van der Waals surface area contributed by atoms with Gasteiger partial charge in [-0.3, -0.25) is 0 Å². The highest BCUT2D eigenvalue weighted by Crippen LogP contribution is 2.27. The van der Waals surface area contributed by atoms with Gasteiger partial charge in [-0.05, 0) is 25.1 Å². The summed E-state index contributed by atoms with van der Waals surface area (Å²) in [5, 5.41) is 0. The maximum Gasteiger partial charge on any atom is 0.161 e. The summed E-state index contributed by atoms with van der Waals surface area (Å²) in [6.45, 7) is 11.0. The largest absolute Gasteiger partial charge is 0.473 e. The molecule has 0 unspecified atom stereocenters. The van der Waals surface area contributed by atoms with Crippen molar-refractivity contribution in [3.8, 4) is 5.75 Å². The molecule has 2 rings (SSSR count). The molecule has 1 aliphatic heterocycles. The molecule has 0 aromatic heterocycles. The molecule has 17 heavy (non-hydrogen) atoms. The van der Waals surface area contributed by atoms with E-state index in [1.165, 1.54) is 11.1 Å². The van der Waals surface area contributed by atoms with Gasteiger partial charge in [-0.1, -0.05) is 36.9 Å². The minimum absolute atomic E-state index is 0.557. The van der Waals surface area contributed by atoms with Crippen LogP contribution >= 0.6 is 0 Å². The van der Waals surface area contributed by atoms with Crippen molar-refractivity contribution in [2.45, 2.75) is 13.5 Å². The van der Waals surface area contributed by atoms with Gasteiger partial charge in [0.15, 0.2) is 6.73 Å². The van der Waals surface area contributed by atoms with E-state index in [9.17, 15) is 0 Å². The van der Waals surface area contributed by atoms with Crippen LogP contribution in [-0.2, 0) is 6.54 Å². The molecule has 0 radical (unpaired) electrons. The third kappa shape index (κ3) is 2.41. The fraction of sp³-hybridized carbons (Fsp3) is 0.200. The number of allylic oxidation sites excluding steroid dienone is 3. The average molecular weight is 227 g/mol. The van der Waals surface area contributed by atoms with Crippen molar-refractivity contribution in [2.75, 3.05) is 6.73 Å². The van der Waals surface area contributed by atoms with E-state index in [2.05, 4.69) is 37.1 Å². The highest BCUT2D eigenvalue weighted by molar-refractivity contribution is 5.38. The van der Waals surface area contributed by atoms with Crippen LogP contribution in [0.5, 0.6) is 5.75 Å². The van der Waals surface area contributed by atoms with Crippen LogP contribution in [0.25, 0.3) is 0 Å². The Hall–Kier alpha value is -1.96. The Morgan fingerprint density at radius 1 is 1.41 bits per heavy atom. The van der Waals surface area contributed by atoms with Crippen molar-refractivity contribution in [3.63, 3.8) is 0 Å². The lowest BCUT2D eigenvalue weighted by Crippen LogP contribution is -2.30. The van der Waals surface area contributed by atoms with E-state index in [1.54, 1.807) is 6.08 Å². The SMILES string of the molecule is C=C/C=C(\C=C)N1COc2ccc(C)cc2C1. The van der Waals surface area contributed by atoms with Crippen LogP contribution in [0.3, 0.4) is 0 Å². The Balaban J connectivity index is 2.25. The topological polar surface area (TPSA) is 12.5 Å². The van der Waals surface area contributed by atoms with Gasteiger partial charge in [0, 0.05) is 17.8 Å². The Morgan fingerprint density at radius 3 is 2.94 bits per heavy atom. The molecule has 0 aliphatic carbocycles. The Labute approximate surface area is 103 Å². The van der Waals surface area contributed by atoms with Gasteiger partial charge in [-0.15, -0.1) is 0 Å². The van der Waals surface area contributed by atoms with Crippen molar-refractivity contribution < 1.29 is 4.74 Å². The number of rotatable bonds is 3. The van der Waals surface area contributed by atoms with Crippen LogP contribution in [0.4, 0.5) is 0 Å². The van der Waals surface area contributed by atoms with Gasteiger partial charge >= 0.3 is 0 Å². The van der Waals surface area contributed by atoms with Gasteiger partial charge < -0.3 is 9.64 Å². The zero-order valence-corrected chi connectivity index (χ0v) is 10.1. The smallest absolute Gasteiger partial charge is 0.161 e. The first-order valence-electron chi connectivity index (χ1n) is 5.67. The van der Waals surface area contributed by atoms with E-state index in [1.807, 2.05) is 18.2 Å². The van der Waals surface area contributed by atoms with E-state index in [4.69, 9.17) is 4.74 Å². The molecule has 1 heterocycles. The molecule has 2 heteroatoms. The normalized spacial score (nSPS) is 14.9. The molecule has 1 aromatic rings. The summed E-state index contributed by atoms with van der Waals surface area (Å²) in [6, 6.07) is 6.27. The highest BCUT2D eigenvalue weighted by atomic mass is 16.5. The molecule has 1 aliphatic rings. The van der Waals surface area contributed by atoms with Crippen molar-refractivity contribution in [1.82, 2.24) is 4.90 Å². The number of benzene rings is 1. The quantitative estimate of drug-likeness (QED) is 0.734. The molecule has 0 fully saturated rings. The molecule has 0 spiro atoms. The van der Waals surface area contributed by atoms with E-state index in [0.29, 0.717) is 6.73 Å². The minimum Gasteiger partial charge on any atom is -0.473 e. The predicted octanol–water partition coefficient (Wildman–Crippen LogP) is 3.40. The van der Waals surface area contributed by atoms with Crippen LogP contribution in [0.1, 0.15) is 11.1 Å². The van der Waals surface area contributed by atoms with Gasteiger partial charge in [0.05, 0.1) is 0 Å². The molecule has 0 amide bonds. The third-order valence-corrected chi connectivity index (χ3v) is 2.82. The summed E-state index contributed by atoms with van der Waals surface area (Å²) in [6.07, 6.45) is 5.53. The molecule has 0 saturated heterocycles. The fourth-order valence-electron chi connectivity index (χ4n) is 1.96. The van der Waals surface area contributed by atoms with Crippen molar-refractivity contribution in [1.29, 1.82) is 0 Å². The maximum absolute atomic E-state index is 5.72. The monoisotopic (exact) mass is 227 g/mol. The van der Waals surface area contributed by atoms with Gasteiger partial charge in [-0.2, -0.15) is 0 Å². The summed E-state index contributed by atoms with van der Waals surface area (Å²) >= 11 is 0. The predicted molar refractivity (Wildman–Crippen MR) is 70.7 cm³/mol. The number of ether oxygens (including phenoxy) is 1. The number of nitrogens with zero attached hydrogens (tertiary/aromatic N) is 1. The fourth-order valence-corrected chi connectivity index (χ4v) is 1.96. The third-order valence-electron chi connectivity index (χ3n) is 2.82. The Morgan fingerprint density at radius 2 is 2.24 bits per heavy atom. The lowest BCUT2D eigenvalue weighted by atomic mass is 10.1. The molecule has 2 nitrogen and oxygen atoms in total. The second kappa shape index (κ2) is 4.91. The molecule has 88 valence electrons. The second-order valence-corrected chi connectivity index (χ2v) is 4.11. The second-order valence-electron chi connectivity index (χ2n) is 4.11. The van der Waals surface area contributed by atoms with Crippen molar-refractivity contribution in [3.05, 3.63) is 66.4 Å². The van der Waals surface area contributed by atoms with Gasteiger partial charge in [0.25, 0.3) is 0 Å². The Kier molecular flexibility index (Phi) is 3.33. The van der Waals surface area contributed by atoms with Crippen LogP contribution in [0.2, 0.25) is 0 Å². The first kappa shape index (κ1) is 11.5. The van der Waals surface area contributed by atoms with E-state index < -0.39 is 0 Å².